The van der Waals surface area contributed by atoms with Gasteiger partial charge in [-0.25, -0.2) is 0 Å². The Bertz CT molecular complexity index is 518. The number of hydrogen-bond acceptors (Lipinski definition) is 3. The van der Waals surface area contributed by atoms with Crippen molar-refractivity contribution in [2.24, 2.45) is 0 Å². The van der Waals surface area contributed by atoms with Gasteiger partial charge in [0, 0.05) is 15.6 Å². The number of ether oxygens (including phenoxy) is 2. The lowest BCUT2D eigenvalue weighted by Gasteiger charge is -2.30. The Morgan fingerprint density at radius 2 is 2.17 bits per heavy atom. The van der Waals surface area contributed by atoms with Crippen molar-refractivity contribution in [2.45, 2.75) is 26.4 Å². The van der Waals surface area contributed by atoms with Crippen LogP contribution in [-0.2, 0) is 0 Å². The molecule has 18 heavy (non-hydrogen) atoms. The molecule has 0 N–H and O–H groups in total. The Hall–Kier alpha value is -1.29. The van der Waals surface area contributed by atoms with Crippen molar-refractivity contribution in [3.63, 3.8) is 0 Å². The minimum atomic E-state index is -0.402. The fourth-order valence-electron chi connectivity index (χ4n) is 1.91. The van der Waals surface area contributed by atoms with Crippen LogP contribution in [0.25, 0.3) is 4.48 Å². The van der Waals surface area contributed by atoms with Crippen LogP contribution in [0.2, 0.25) is 0 Å². The average Bonchev–Trinajstić information content (AvgIpc) is 2.29. The van der Waals surface area contributed by atoms with Gasteiger partial charge in [-0.05, 0) is 39.0 Å². The third-order valence-electron chi connectivity index (χ3n) is 2.61. The van der Waals surface area contributed by atoms with E-state index < -0.39 is 5.60 Å². The molecule has 0 radical (unpaired) electrons. The molecule has 2 rings (SSSR count). The van der Waals surface area contributed by atoms with E-state index in [4.69, 9.17) is 9.47 Å². The van der Waals surface area contributed by atoms with Gasteiger partial charge in [0.05, 0.1) is 6.61 Å². The summed E-state index contributed by atoms with van der Waals surface area (Å²) >= 11 is 3.52. The summed E-state index contributed by atoms with van der Waals surface area (Å²) in [5, 5.41) is 0. The number of hydrogen-bond donors (Lipinski definition) is 0. The van der Waals surface area contributed by atoms with Crippen LogP contribution in [0, 0.1) is 0 Å². The van der Waals surface area contributed by atoms with Crippen LogP contribution in [0.15, 0.2) is 18.2 Å². The SMILES string of the molecule is CCOc1cc(C=O)cc2c1OC(C)(C)C=C2Br. The summed E-state index contributed by atoms with van der Waals surface area (Å²) in [4.78, 5) is 11.0. The molecule has 1 aromatic carbocycles. The fourth-order valence-corrected chi connectivity index (χ4v) is 2.76. The Balaban J connectivity index is 2.62. The van der Waals surface area contributed by atoms with Crippen molar-refractivity contribution in [1.82, 2.24) is 0 Å². The Labute approximate surface area is 115 Å². The Kier molecular flexibility index (Phi) is 3.48. The van der Waals surface area contributed by atoms with Crippen LogP contribution in [-0.4, -0.2) is 18.5 Å². The highest BCUT2D eigenvalue weighted by Crippen LogP contribution is 2.45. The summed E-state index contributed by atoms with van der Waals surface area (Å²) in [5.74, 6) is 1.29. The zero-order valence-corrected chi connectivity index (χ0v) is 12.2. The van der Waals surface area contributed by atoms with Gasteiger partial charge in [0.25, 0.3) is 0 Å². The molecule has 0 fully saturated rings. The lowest BCUT2D eigenvalue weighted by atomic mass is 10.0. The molecule has 0 unspecified atom stereocenters. The van der Waals surface area contributed by atoms with Gasteiger partial charge >= 0.3 is 0 Å². The summed E-state index contributed by atoms with van der Waals surface area (Å²) in [7, 11) is 0. The van der Waals surface area contributed by atoms with Gasteiger partial charge in [0.1, 0.15) is 11.9 Å². The highest BCUT2D eigenvalue weighted by atomic mass is 79.9. The second-order valence-electron chi connectivity index (χ2n) is 4.64. The summed E-state index contributed by atoms with van der Waals surface area (Å²) < 4.78 is 12.4. The van der Waals surface area contributed by atoms with Crippen molar-refractivity contribution >= 4 is 26.7 Å². The normalized spacial score (nSPS) is 16.3. The van der Waals surface area contributed by atoms with Crippen LogP contribution < -0.4 is 9.47 Å². The van der Waals surface area contributed by atoms with Gasteiger partial charge < -0.3 is 9.47 Å². The number of rotatable bonds is 3. The maximum Gasteiger partial charge on any atom is 0.170 e. The van der Waals surface area contributed by atoms with E-state index in [1.807, 2.05) is 26.8 Å². The summed E-state index contributed by atoms with van der Waals surface area (Å²) in [6.07, 6.45) is 2.78. The van der Waals surface area contributed by atoms with Crippen LogP contribution in [0.5, 0.6) is 11.5 Å². The van der Waals surface area contributed by atoms with Crippen molar-refractivity contribution in [2.75, 3.05) is 6.61 Å². The molecule has 0 aliphatic carbocycles. The number of fused-ring (bicyclic) bond motifs is 1. The number of carbonyl (C=O) groups is 1. The molecular formula is C14H15BrO3. The number of carbonyl (C=O) groups excluding carboxylic acids is 1. The maximum atomic E-state index is 11.0. The van der Waals surface area contributed by atoms with Crippen molar-refractivity contribution in [1.29, 1.82) is 0 Å². The predicted octanol–water partition coefficient (Wildman–Crippen LogP) is 3.80. The Morgan fingerprint density at radius 1 is 1.44 bits per heavy atom. The smallest absolute Gasteiger partial charge is 0.170 e. The fraction of sp³-hybridized carbons (Fsp3) is 0.357. The first-order valence-electron chi connectivity index (χ1n) is 5.80. The molecule has 0 aromatic heterocycles. The maximum absolute atomic E-state index is 11.0. The molecule has 0 saturated heterocycles. The van der Waals surface area contributed by atoms with E-state index in [9.17, 15) is 4.79 Å². The first kappa shape index (κ1) is 13.1. The van der Waals surface area contributed by atoms with E-state index in [-0.39, 0.29) is 0 Å². The second kappa shape index (κ2) is 4.76. The van der Waals surface area contributed by atoms with E-state index >= 15 is 0 Å². The molecule has 0 amide bonds. The highest BCUT2D eigenvalue weighted by molar-refractivity contribution is 9.15. The molecule has 96 valence electrons. The summed E-state index contributed by atoms with van der Waals surface area (Å²) in [6.45, 7) is 6.37. The van der Waals surface area contributed by atoms with E-state index in [0.29, 0.717) is 23.7 Å². The van der Waals surface area contributed by atoms with Gasteiger partial charge in [-0.15, -0.1) is 0 Å². The molecule has 0 atom stereocenters. The molecule has 0 spiro atoms. The third-order valence-corrected chi connectivity index (χ3v) is 3.27. The number of aldehydes is 1. The van der Waals surface area contributed by atoms with E-state index in [1.165, 1.54) is 0 Å². The first-order valence-corrected chi connectivity index (χ1v) is 6.60. The van der Waals surface area contributed by atoms with Gasteiger partial charge in [-0.1, -0.05) is 15.9 Å². The average molecular weight is 311 g/mol. The monoisotopic (exact) mass is 310 g/mol. The second-order valence-corrected chi connectivity index (χ2v) is 5.50. The zero-order valence-electron chi connectivity index (χ0n) is 10.6. The van der Waals surface area contributed by atoms with Crippen LogP contribution >= 0.6 is 15.9 Å². The minimum Gasteiger partial charge on any atom is -0.490 e. The van der Waals surface area contributed by atoms with Crippen molar-refractivity contribution < 1.29 is 14.3 Å². The number of benzene rings is 1. The topological polar surface area (TPSA) is 35.5 Å². The molecule has 1 heterocycles. The van der Waals surface area contributed by atoms with Crippen LogP contribution in [0.4, 0.5) is 0 Å². The molecule has 0 bridgehead atoms. The third kappa shape index (κ3) is 2.43. The zero-order chi connectivity index (χ0) is 13.3. The predicted molar refractivity (Wildman–Crippen MR) is 74.6 cm³/mol. The molecule has 3 nitrogen and oxygen atoms in total. The number of halogens is 1. The first-order chi connectivity index (χ1) is 8.46. The van der Waals surface area contributed by atoms with E-state index in [0.717, 1.165) is 16.3 Å². The molecule has 0 saturated carbocycles. The molecule has 1 aliphatic rings. The van der Waals surface area contributed by atoms with Crippen LogP contribution in [0.1, 0.15) is 36.7 Å². The molecular weight excluding hydrogens is 296 g/mol. The van der Waals surface area contributed by atoms with Gasteiger partial charge in [0.15, 0.2) is 11.5 Å². The summed E-state index contributed by atoms with van der Waals surface area (Å²) in [6, 6.07) is 3.50. The van der Waals surface area contributed by atoms with Gasteiger partial charge in [-0.3, -0.25) is 4.79 Å². The molecule has 1 aliphatic heterocycles. The lowest BCUT2D eigenvalue weighted by Crippen LogP contribution is -2.28. The van der Waals surface area contributed by atoms with Gasteiger partial charge in [-0.2, -0.15) is 0 Å². The van der Waals surface area contributed by atoms with E-state index in [2.05, 4.69) is 15.9 Å². The van der Waals surface area contributed by atoms with E-state index in [1.54, 1.807) is 12.1 Å². The van der Waals surface area contributed by atoms with Gasteiger partial charge in [0.2, 0.25) is 0 Å². The van der Waals surface area contributed by atoms with Crippen molar-refractivity contribution in [3.8, 4) is 11.5 Å². The van der Waals surface area contributed by atoms with Crippen molar-refractivity contribution in [3.05, 3.63) is 29.3 Å². The quantitative estimate of drug-likeness (QED) is 0.796. The minimum absolute atomic E-state index is 0.402. The molecule has 4 heteroatoms. The molecule has 1 aromatic rings. The lowest BCUT2D eigenvalue weighted by molar-refractivity contribution is 0.112. The highest BCUT2D eigenvalue weighted by Gasteiger charge is 2.28. The standard InChI is InChI=1S/C14H15BrO3/c1-4-17-12-6-9(8-16)5-10-11(15)7-14(2,3)18-13(10)12/h5-8H,4H2,1-3H3. The largest absolute Gasteiger partial charge is 0.490 e. The van der Waals surface area contributed by atoms with Crippen LogP contribution in [0.3, 0.4) is 0 Å². The summed E-state index contributed by atoms with van der Waals surface area (Å²) in [5.41, 5.74) is 1.02. The Morgan fingerprint density at radius 3 is 2.78 bits per heavy atom.